The lowest BCUT2D eigenvalue weighted by Gasteiger charge is -2.40. The highest BCUT2D eigenvalue weighted by Gasteiger charge is 2.38. The summed E-state index contributed by atoms with van der Waals surface area (Å²) in [5.74, 6) is 0. The third kappa shape index (κ3) is 2.51. The number of aldehydes is 1. The molecule has 76 valence electrons. The van der Waals surface area contributed by atoms with E-state index in [-0.39, 0.29) is 11.7 Å². The van der Waals surface area contributed by atoms with Crippen molar-refractivity contribution in [1.29, 1.82) is 0 Å². The summed E-state index contributed by atoms with van der Waals surface area (Å²) >= 11 is 0. The molecule has 2 unspecified atom stereocenters. The second-order valence-electron chi connectivity index (χ2n) is 4.87. The fourth-order valence-electron chi connectivity index (χ4n) is 1.22. The van der Waals surface area contributed by atoms with Crippen LogP contribution in [-0.2, 0) is 14.3 Å². The van der Waals surface area contributed by atoms with Crippen molar-refractivity contribution < 1.29 is 14.3 Å². The summed E-state index contributed by atoms with van der Waals surface area (Å²) < 4.78 is 11.1. The van der Waals surface area contributed by atoms with Crippen LogP contribution in [0.25, 0.3) is 0 Å². The van der Waals surface area contributed by atoms with E-state index in [0.717, 1.165) is 6.29 Å². The highest BCUT2D eigenvalue weighted by atomic mass is 16.7. The first-order valence-electron chi connectivity index (χ1n) is 4.63. The molecule has 0 spiro atoms. The van der Waals surface area contributed by atoms with Crippen molar-refractivity contribution in [2.45, 2.75) is 46.0 Å². The molecule has 0 saturated carbocycles. The van der Waals surface area contributed by atoms with Crippen LogP contribution in [0.5, 0.6) is 0 Å². The molecule has 0 aromatic rings. The molecular formula is C10H18O3. The van der Waals surface area contributed by atoms with E-state index in [9.17, 15) is 4.79 Å². The smallest absolute Gasteiger partial charge is 0.163 e. The average molecular weight is 186 g/mol. The van der Waals surface area contributed by atoms with Gasteiger partial charge in [0.1, 0.15) is 5.60 Å². The van der Waals surface area contributed by atoms with E-state index >= 15 is 0 Å². The molecule has 0 amide bonds. The minimum Gasteiger partial charge on any atom is -0.352 e. The van der Waals surface area contributed by atoms with Gasteiger partial charge in [-0.15, -0.1) is 0 Å². The van der Waals surface area contributed by atoms with E-state index in [4.69, 9.17) is 9.47 Å². The fraction of sp³-hybridized carbons (Fsp3) is 0.900. The van der Waals surface area contributed by atoms with Crippen LogP contribution < -0.4 is 0 Å². The minimum absolute atomic E-state index is 0.0787. The normalized spacial score (nSPS) is 35.8. The van der Waals surface area contributed by atoms with Crippen molar-refractivity contribution >= 4 is 6.29 Å². The molecule has 0 aromatic carbocycles. The summed E-state index contributed by atoms with van der Waals surface area (Å²) in [5.41, 5.74) is -0.735. The lowest BCUT2D eigenvalue weighted by molar-refractivity contribution is -0.273. The first-order valence-corrected chi connectivity index (χ1v) is 4.63. The quantitative estimate of drug-likeness (QED) is 0.585. The van der Waals surface area contributed by atoms with Gasteiger partial charge in [0.25, 0.3) is 0 Å². The molecule has 0 radical (unpaired) electrons. The molecule has 0 aliphatic carbocycles. The Bertz CT molecular complexity index is 195. The zero-order chi connectivity index (χ0) is 10.1. The van der Waals surface area contributed by atoms with E-state index in [1.54, 1.807) is 6.92 Å². The van der Waals surface area contributed by atoms with Gasteiger partial charge in [-0.05, 0) is 6.92 Å². The molecule has 1 saturated heterocycles. The van der Waals surface area contributed by atoms with Crippen LogP contribution in [0.2, 0.25) is 0 Å². The van der Waals surface area contributed by atoms with Crippen molar-refractivity contribution in [1.82, 2.24) is 0 Å². The van der Waals surface area contributed by atoms with Gasteiger partial charge < -0.3 is 14.3 Å². The van der Waals surface area contributed by atoms with Crippen LogP contribution in [0.4, 0.5) is 0 Å². The van der Waals surface area contributed by atoms with Gasteiger partial charge in [0.15, 0.2) is 12.6 Å². The predicted molar refractivity (Wildman–Crippen MR) is 49.4 cm³/mol. The molecule has 13 heavy (non-hydrogen) atoms. The minimum atomic E-state index is -0.657. The summed E-state index contributed by atoms with van der Waals surface area (Å²) in [4.78, 5) is 10.8. The van der Waals surface area contributed by atoms with Gasteiger partial charge in [0.05, 0.1) is 6.61 Å². The molecule has 3 heteroatoms. The molecule has 1 heterocycles. The maximum Gasteiger partial charge on any atom is 0.163 e. The Labute approximate surface area is 79.4 Å². The Morgan fingerprint density at radius 2 is 2.08 bits per heavy atom. The molecule has 0 N–H and O–H groups in total. The maximum absolute atomic E-state index is 10.8. The molecule has 1 rings (SSSR count). The number of hydrogen-bond acceptors (Lipinski definition) is 3. The Kier molecular flexibility index (Phi) is 2.78. The average Bonchev–Trinajstić information content (AvgIpc) is 2.03. The van der Waals surface area contributed by atoms with E-state index in [1.807, 2.05) is 20.8 Å². The van der Waals surface area contributed by atoms with Crippen molar-refractivity contribution in [2.24, 2.45) is 5.41 Å². The first-order chi connectivity index (χ1) is 5.87. The van der Waals surface area contributed by atoms with Gasteiger partial charge in [-0.1, -0.05) is 20.8 Å². The Morgan fingerprint density at radius 1 is 1.46 bits per heavy atom. The first kappa shape index (κ1) is 10.7. The Balaban J connectivity index is 2.67. The number of rotatable bonds is 1. The third-order valence-electron chi connectivity index (χ3n) is 2.20. The molecule has 1 aliphatic heterocycles. The highest BCUT2D eigenvalue weighted by Crippen LogP contribution is 2.31. The summed E-state index contributed by atoms with van der Waals surface area (Å²) in [7, 11) is 0. The lowest BCUT2D eigenvalue weighted by atomic mass is 9.93. The van der Waals surface area contributed by atoms with Gasteiger partial charge in [0, 0.05) is 11.8 Å². The van der Waals surface area contributed by atoms with E-state index in [0.29, 0.717) is 13.0 Å². The van der Waals surface area contributed by atoms with Gasteiger partial charge in [0.2, 0.25) is 0 Å². The zero-order valence-corrected chi connectivity index (χ0v) is 8.79. The zero-order valence-electron chi connectivity index (χ0n) is 8.79. The summed E-state index contributed by atoms with van der Waals surface area (Å²) in [5, 5.41) is 0. The van der Waals surface area contributed by atoms with E-state index in [1.165, 1.54) is 0 Å². The van der Waals surface area contributed by atoms with Gasteiger partial charge in [-0.2, -0.15) is 0 Å². The van der Waals surface area contributed by atoms with Crippen LogP contribution in [0.1, 0.15) is 34.1 Å². The van der Waals surface area contributed by atoms with Crippen LogP contribution in [-0.4, -0.2) is 24.8 Å². The summed E-state index contributed by atoms with van der Waals surface area (Å²) in [6, 6.07) is 0. The van der Waals surface area contributed by atoms with Crippen molar-refractivity contribution in [3.8, 4) is 0 Å². The predicted octanol–water partition coefficient (Wildman–Crippen LogP) is 1.75. The van der Waals surface area contributed by atoms with Gasteiger partial charge in [-0.25, -0.2) is 0 Å². The van der Waals surface area contributed by atoms with Crippen molar-refractivity contribution in [3.05, 3.63) is 0 Å². The lowest BCUT2D eigenvalue weighted by Crippen LogP contribution is -2.47. The van der Waals surface area contributed by atoms with E-state index in [2.05, 4.69) is 0 Å². The molecule has 1 aliphatic rings. The molecular weight excluding hydrogens is 168 g/mol. The number of carbonyl (C=O) groups is 1. The molecule has 0 aromatic heterocycles. The monoisotopic (exact) mass is 186 g/mol. The van der Waals surface area contributed by atoms with E-state index < -0.39 is 5.60 Å². The highest BCUT2D eigenvalue weighted by molar-refractivity contribution is 5.61. The number of hydrogen-bond donors (Lipinski definition) is 0. The van der Waals surface area contributed by atoms with Crippen LogP contribution in [0.15, 0.2) is 0 Å². The van der Waals surface area contributed by atoms with Crippen molar-refractivity contribution in [2.75, 3.05) is 6.61 Å². The summed E-state index contributed by atoms with van der Waals surface area (Å²) in [6.07, 6.45) is 1.23. The van der Waals surface area contributed by atoms with Crippen molar-refractivity contribution in [3.63, 3.8) is 0 Å². The number of carbonyl (C=O) groups excluding carboxylic acids is 1. The topological polar surface area (TPSA) is 35.5 Å². The maximum atomic E-state index is 10.8. The Morgan fingerprint density at radius 3 is 2.54 bits per heavy atom. The molecule has 0 bridgehead atoms. The van der Waals surface area contributed by atoms with Crippen LogP contribution in [0, 0.1) is 5.41 Å². The fourth-order valence-corrected chi connectivity index (χ4v) is 1.22. The standard InChI is InChI=1S/C10H18O3/c1-9(2,3)8-12-6-5-10(4,7-11)13-8/h7-8H,5-6H2,1-4H3. The van der Waals surface area contributed by atoms with Crippen LogP contribution in [0.3, 0.4) is 0 Å². The molecule has 1 fully saturated rings. The number of ether oxygens (including phenoxy) is 2. The summed E-state index contributed by atoms with van der Waals surface area (Å²) in [6.45, 7) is 8.51. The van der Waals surface area contributed by atoms with Crippen LogP contribution >= 0.6 is 0 Å². The van der Waals surface area contributed by atoms with Gasteiger partial charge in [-0.3, -0.25) is 0 Å². The molecule has 2 atom stereocenters. The SMILES string of the molecule is CC1(C=O)CCOC(C(C)(C)C)O1. The third-order valence-corrected chi connectivity index (χ3v) is 2.20. The Hall–Kier alpha value is -0.410. The molecule has 3 nitrogen and oxygen atoms in total. The second-order valence-corrected chi connectivity index (χ2v) is 4.87. The largest absolute Gasteiger partial charge is 0.352 e. The second kappa shape index (κ2) is 3.39. The van der Waals surface area contributed by atoms with Gasteiger partial charge >= 0.3 is 0 Å².